The van der Waals surface area contributed by atoms with Gasteiger partial charge in [-0.1, -0.05) is 7.43 Å². The molecule has 0 aliphatic carbocycles. The lowest BCUT2D eigenvalue weighted by Crippen LogP contribution is -2.21. The second-order valence-corrected chi connectivity index (χ2v) is 6.63. The fourth-order valence-corrected chi connectivity index (χ4v) is 3.35. The summed E-state index contributed by atoms with van der Waals surface area (Å²) in [6.07, 6.45) is 3.19. The zero-order valence-corrected chi connectivity index (χ0v) is 15.0. The fourth-order valence-electron chi connectivity index (χ4n) is 2.40. The molecule has 0 fully saturated rings. The molecule has 3 heterocycles. The molecular weight excluding hydrogens is 368 g/mol. The number of nitrogens with one attached hydrogen (secondary N) is 1. The van der Waals surface area contributed by atoms with Gasteiger partial charge < -0.3 is 26.6 Å². The summed E-state index contributed by atoms with van der Waals surface area (Å²) in [5.41, 5.74) is 12.9. The third kappa shape index (κ3) is 3.91. The Hall–Kier alpha value is -2.98. The van der Waals surface area contributed by atoms with E-state index in [2.05, 4.69) is 20.3 Å². The first-order valence-electron chi connectivity index (χ1n) is 7.71. The number of hydrogen-bond acceptors (Lipinski definition) is 9. The van der Waals surface area contributed by atoms with Crippen molar-refractivity contribution in [2.75, 3.05) is 24.8 Å². The number of amides is 1. The molecule has 0 aliphatic rings. The molecule has 1 atom stereocenters. The van der Waals surface area contributed by atoms with Crippen molar-refractivity contribution in [1.82, 2.24) is 15.0 Å². The number of carbonyl (C=O) groups is 1. The smallest absolute Gasteiger partial charge is 0.260 e. The number of carbonyl (C=O) groups excluding carboxylic acids is 1. The molecule has 0 saturated heterocycles. The molecular formula is C17H22N6O3S. The Balaban J connectivity index is 0.00000261. The summed E-state index contributed by atoms with van der Waals surface area (Å²) in [5, 5.41) is 12.8. The normalized spacial score (nSPS) is 11.7. The number of hydrogen-bond donors (Lipinski definition) is 4. The molecule has 3 rings (SSSR count). The third-order valence-electron chi connectivity index (χ3n) is 3.68. The van der Waals surface area contributed by atoms with Crippen molar-refractivity contribution in [3.8, 4) is 17.0 Å². The zero-order chi connectivity index (χ0) is 18.8. The highest BCUT2D eigenvalue weighted by Crippen LogP contribution is 2.39. The first kappa shape index (κ1) is 20.3. The Labute approximate surface area is 160 Å². The van der Waals surface area contributed by atoms with E-state index in [0.29, 0.717) is 33.2 Å². The second kappa shape index (κ2) is 8.14. The summed E-state index contributed by atoms with van der Waals surface area (Å²) in [6.45, 7) is 1.70. The molecule has 3 aromatic rings. The van der Waals surface area contributed by atoms with Crippen LogP contribution in [0.25, 0.3) is 21.5 Å². The van der Waals surface area contributed by atoms with Gasteiger partial charge in [-0.3, -0.25) is 9.78 Å². The predicted octanol–water partition coefficient (Wildman–Crippen LogP) is 1.87. The van der Waals surface area contributed by atoms with Gasteiger partial charge in [-0.2, -0.15) is 0 Å². The van der Waals surface area contributed by atoms with E-state index in [1.807, 2.05) is 0 Å². The van der Waals surface area contributed by atoms with Crippen molar-refractivity contribution in [3.05, 3.63) is 23.3 Å². The van der Waals surface area contributed by atoms with Crippen LogP contribution in [0.1, 0.15) is 24.0 Å². The van der Waals surface area contributed by atoms with Crippen LogP contribution in [0.2, 0.25) is 0 Å². The van der Waals surface area contributed by atoms with E-state index in [9.17, 15) is 9.90 Å². The number of nitrogen functional groups attached to an aromatic ring is 1. The van der Waals surface area contributed by atoms with E-state index in [4.69, 9.17) is 16.2 Å². The van der Waals surface area contributed by atoms with E-state index in [1.54, 1.807) is 25.4 Å². The largest absolute Gasteiger partial charge is 0.495 e. The molecule has 27 heavy (non-hydrogen) atoms. The molecule has 0 bridgehead atoms. The number of anilines is 2. The highest BCUT2D eigenvalue weighted by molar-refractivity contribution is 7.21. The SMILES string of the molecule is C.COc1cncc(-c2nc(N[C@H](C)CO)nc3sc(C(N)=O)c(N)c23)c1. The molecule has 0 spiro atoms. The lowest BCUT2D eigenvalue weighted by Gasteiger charge is -2.12. The quantitative estimate of drug-likeness (QED) is 0.498. The van der Waals surface area contributed by atoms with Crippen LogP contribution in [0.15, 0.2) is 18.5 Å². The van der Waals surface area contributed by atoms with Gasteiger partial charge in [0.1, 0.15) is 15.5 Å². The van der Waals surface area contributed by atoms with Crippen LogP contribution in [0.4, 0.5) is 11.6 Å². The number of ether oxygens (including phenoxy) is 1. The second-order valence-electron chi connectivity index (χ2n) is 5.63. The number of aromatic nitrogens is 3. The van der Waals surface area contributed by atoms with Crippen molar-refractivity contribution in [2.24, 2.45) is 5.73 Å². The van der Waals surface area contributed by atoms with Crippen molar-refractivity contribution >= 4 is 39.1 Å². The zero-order valence-electron chi connectivity index (χ0n) is 14.2. The average molecular weight is 390 g/mol. The van der Waals surface area contributed by atoms with Crippen LogP contribution in [-0.4, -0.2) is 45.7 Å². The highest BCUT2D eigenvalue weighted by Gasteiger charge is 2.21. The topological polar surface area (TPSA) is 149 Å². The number of aliphatic hydroxyl groups is 1. The average Bonchev–Trinajstić information content (AvgIpc) is 2.98. The molecule has 0 radical (unpaired) electrons. The number of methoxy groups -OCH3 is 1. The molecule has 0 aliphatic heterocycles. The summed E-state index contributed by atoms with van der Waals surface area (Å²) in [6, 6.07) is 1.51. The minimum absolute atomic E-state index is 0. The van der Waals surface area contributed by atoms with Gasteiger partial charge in [0.05, 0.1) is 36.7 Å². The highest BCUT2D eigenvalue weighted by atomic mass is 32.1. The maximum absolute atomic E-state index is 11.7. The standard InChI is InChI=1S/C16H18N6O3S.CH4/c1-7(6-23)20-16-21-12(8-3-9(25-2)5-19-4-8)10-11(17)13(14(18)24)26-15(10)22-16;/h3-5,7,23H,6,17H2,1-2H3,(H2,18,24)(H,20,21,22);1H4/t7-;/m1./s1. The Morgan fingerprint density at radius 1 is 1.41 bits per heavy atom. The number of aliphatic hydroxyl groups excluding tert-OH is 1. The molecule has 0 unspecified atom stereocenters. The first-order valence-corrected chi connectivity index (χ1v) is 8.52. The number of fused-ring (bicyclic) bond motifs is 1. The minimum Gasteiger partial charge on any atom is -0.495 e. The van der Waals surface area contributed by atoms with Gasteiger partial charge >= 0.3 is 0 Å². The molecule has 0 saturated carbocycles. The summed E-state index contributed by atoms with van der Waals surface area (Å²) in [4.78, 5) is 25.5. The number of primary amides is 1. The van der Waals surface area contributed by atoms with E-state index < -0.39 is 5.91 Å². The third-order valence-corrected chi connectivity index (χ3v) is 4.80. The molecule has 9 nitrogen and oxygen atoms in total. The fraction of sp³-hybridized carbons (Fsp3) is 0.294. The van der Waals surface area contributed by atoms with E-state index in [1.165, 1.54) is 7.11 Å². The van der Waals surface area contributed by atoms with Gasteiger partial charge in [0, 0.05) is 17.8 Å². The summed E-state index contributed by atoms with van der Waals surface area (Å²) >= 11 is 1.09. The molecule has 1 amide bonds. The van der Waals surface area contributed by atoms with Crippen molar-refractivity contribution < 1.29 is 14.6 Å². The number of thiophene rings is 1. The summed E-state index contributed by atoms with van der Waals surface area (Å²) in [7, 11) is 1.54. The lowest BCUT2D eigenvalue weighted by atomic mass is 10.1. The van der Waals surface area contributed by atoms with Crippen LogP contribution >= 0.6 is 11.3 Å². The first-order chi connectivity index (χ1) is 12.4. The monoisotopic (exact) mass is 390 g/mol. The van der Waals surface area contributed by atoms with E-state index in [-0.39, 0.29) is 30.6 Å². The van der Waals surface area contributed by atoms with Gasteiger partial charge in [-0.05, 0) is 13.0 Å². The van der Waals surface area contributed by atoms with Crippen molar-refractivity contribution in [1.29, 1.82) is 0 Å². The molecule has 0 aromatic carbocycles. The maximum atomic E-state index is 11.7. The van der Waals surface area contributed by atoms with E-state index in [0.717, 1.165) is 11.3 Å². The minimum atomic E-state index is -0.626. The van der Waals surface area contributed by atoms with Crippen LogP contribution in [0.3, 0.4) is 0 Å². The predicted molar refractivity (Wildman–Crippen MR) is 107 cm³/mol. The van der Waals surface area contributed by atoms with Crippen LogP contribution in [0.5, 0.6) is 5.75 Å². The van der Waals surface area contributed by atoms with Gasteiger partial charge in [0.25, 0.3) is 5.91 Å². The molecule has 6 N–H and O–H groups in total. The van der Waals surface area contributed by atoms with Crippen molar-refractivity contribution in [2.45, 2.75) is 20.4 Å². The van der Waals surface area contributed by atoms with Crippen LogP contribution < -0.4 is 21.5 Å². The Kier molecular flexibility index (Phi) is 6.13. The van der Waals surface area contributed by atoms with Gasteiger partial charge in [0.2, 0.25) is 5.95 Å². The molecule has 144 valence electrons. The van der Waals surface area contributed by atoms with Crippen LogP contribution in [-0.2, 0) is 0 Å². The number of nitrogens with zero attached hydrogens (tertiary/aromatic N) is 3. The molecule has 3 aromatic heterocycles. The maximum Gasteiger partial charge on any atom is 0.260 e. The number of rotatable bonds is 6. The Bertz CT molecular complexity index is 975. The summed E-state index contributed by atoms with van der Waals surface area (Å²) in [5.74, 6) is 0.226. The Morgan fingerprint density at radius 3 is 2.78 bits per heavy atom. The van der Waals surface area contributed by atoms with Gasteiger partial charge in [-0.25, -0.2) is 9.97 Å². The number of pyridine rings is 1. The van der Waals surface area contributed by atoms with Gasteiger partial charge in [-0.15, -0.1) is 11.3 Å². The van der Waals surface area contributed by atoms with Crippen molar-refractivity contribution in [3.63, 3.8) is 0 Å². The number of nitrogens with two attached hydrogens (primary N) is 2. The van der Waals surface area contributed by atoms with Gasteiger partial charge in [0.15, 0.2) is 0 Å². The Morgan fingerprint density at radius 2 is 2.15 bits per heavy atom. The summed E-state index contributed by atoms with van der Waals surface area (Å²) < 4.78 is 5.22. The van der Waals surface area contributed by atoms with Crippen LogP contribution in [0, 0.1) is 0 Å². The lowest BCUT2D eigenvalue weighted by molar-refractivity contribution is 0.100. The molecule has 10 heteroatoms. The van der Waals surface area contributed by atoms with E-state index >= 15 is 0 Å².